The van der Waals surface area contributed by atoms with Crippen molar-refractivity contribution >= 4 is 11.8 Å². The summed E-state index contributed by atoms with van der Waals surface area (Å²) in [7, 11) is 0. The van der Waals surface area contributed by atoms with E-state index in [1.807, 2.05) is 25.1 Å². The second-order valence-electron chi connectivity index (χ2n) is 7.56. The molecular formula is C21H26N4O5. The van der Waals surface area contributed by atoms with Crippen LogP contribution in [0.3, 0.4) is 0 Å². The first-order valence-corrected chi connectivity index (χ1v) is 10.2. The van der Waals surface area contributed by atoms with Crippen LogP contribution in [0.5, 0.6) is 11.5 Å². The summed E-state index contributed by atoms with van der Waals surface area (Å²) in [6.07, 6.45) is -1.05. The first-order valence-electron chi connectivity index (χ1n) is 10.2. The number of piperazine rings is 1. The number of ether oxygens (including phenoxy) is 2. The fourth-order valence-corrected chi connectivity index (χ4v) is 3.65. The van der Waals surface area contributed by atoms with Crippen LogP contribution in [0.25, 0.3) is 0 Å². The summed E-state index contributed by atoms with van der Waals surface area (Å²) in [6, 6.07) is 8.99. The summed E-state index contributed by atoms with van der Waals surface area (Å²) in [5, 5.41) is 6.73. The van der Waals surface area contributed by atoms with E-state index in [0.717, 1.165) is 13.1 Å². The number of rotatable bonds is 5. The average Bonchev–Trinajstić information content (AvgIpc) is 3.19. The molecule has 2 aromatic rings. The predicted octanol–water partition coefficient (Wildman–Crippen LogP) is 1.09. The lowest BCUT2D eigenvalue weighted by molar-refractivity contribution is -0.133. The van der Waals surface area contributed by atoms with E-state index in [1.165, 1.54) is 0 Å². The Bertz CT molecular complexity index is 906. The van der Waals surface area contributed by atoms with Crippen LogP contribution in [-0.4, -0.2) is 78.2 Å². The number of hydrogen-bond donors (Lipinski definition) is 1. The highest BCUT2D eigenvalue weighted by molar-refractivity contribution is 5.92. The van der Waals surface area contributed by atoms with Crippen molar-refractivity contribution in [2.75, 3.05) is 39.3 Å². The van der Waals surface area contributed by atoms with Gasteiger partial charge in [0, 0.05) is 45.3 Å². The number of fused-ring (bicyclic) bond motifs is 1. The Kier molecular flexibility index (Phi) is 5.89. The summed E-state index contributed by atoms with van der Waals surface area (Å²) in [5.41, 5.74) is 0.346. The number of nitrogens with one attached hydrogen (secondary N) is 1. The van der Waals surface area contributed by atoms with Gasteiger partial charge in [-0.1, -0.05) is 17.3 Å². The molecule has 2 atom stereocenters. The van der Waals surface area contributed by atoms with Gasteiger partial charge in [-0.05, 0) is 26.0 Å². The van der Waals surface area contributed by atoms with Gasteiger partial charge in [0.05, 0.1) is 0 Å². The van der Waals surface area contributed by atoms with E-state index in [0.29, 0.717) is 49.1 Å². The maximum Gasteiger partial charge on any atom is 0.276 e. The number of carbonyl (C=O) groups excluding carboxylic acids is 2. The molecule has 1 aromatic carbocycles. The van der Waals surface area contributed by atoms with Gasteiger partial charge < -0.3 is 24.2 Å². The molecule has 0 radical (unpaired) electrons. The number of carbonyl (C=O) groups is 2. The molecule has 1 aromatic heterocycles. The van der Waals surface area contributed by atoms with Crippen molar-refractivity contribution in [3.05, 3.63) is 41.8 Å². The van der Waals surface area contributed by atoms with Gasteiger partial charge in [0.1, 0.15) is 11.9 Å². The van der Waals surface area contributed by atoms with Crippen molar-refractivity contribution in [1.82, 2.24) is 20.3 Å². The molecule has 160 valence electrons. The Hall–Kier alpha value is -3.07. The van der Waals surface area contributed by atoms with E-state index < -0.39 is 6.10 Å². The van der Waals surface area contributed by atoms with E-state index in [4.69, 9.17) is 14.0 Å². The van der Waals surface area contributed by atoms with E-state index >= 15 is 0 Å². The monoisotopic (exact) mass is 414 g/mol. The van der Waals surface area contributed by atoms with Gasteiger partial charge in [-0.15, -0.1) is 0 Å². The number of benzene rings is 1. The van der Waals surface area contributed by atoms with Crippen LogP contribution in [0.15, 0.2) is 34.9 Å². The first-order chi connectivity index (χ1) is 14.5. The molecule has 9 nitrogen and oxygen atoms in total. The smallest absolute Gasteiger partial charge is 0.276 e. The van der Waals surface area contributed by atoms with Gasteiger partial charge in [0.25, 0.3) is 11.8 Å². The van der Waals surface area contributed by atoms with E-state index in [2.05, 4.69) is 15.4 Å². The van der Waals surface area contributed by atoms with Crippen LogP contribution in [0.4, 0.5) is 0 Å². The lowest BCUT2D eigenvalue weighted by Gasteiger charge is -2.34. The van der Waals surface area contributed by atoms with Crippen LogP contribution in [0.2, 0.25) is 0 Å². The highest BCUT2D eigenvalue weighted by Crippen LogP contribution is 2.33. The van der Waals surface area contributed by atoms with Gasteiger partial charge in [-0.3, -0.25) is 14.5 Å². The van der Waals surface area contributed by atoms with Gasteiger partial charge in [0.15, 0.2) is 17.2 Å². The molecule has 0 saturated carbocycles. The number of aromatic nitrogens is 1. The van der Waals surface area contributed by atoms with E-state index in [-0.39, 0.29) is 17.9 Å². The molecule has 1 N–H and O–H groups in total. The highest BCUT2D eigenvalue weighted by Gasteiger charge is 2.34. The van der Waals surface area contributed by atoms with Gasteiger partial charge in [-0.2, -0.15) is 0 Å². The molecule has 3 heterocycles. The van der Waals surface area contributed by atoms with Crippen molar-refractivity contribution in [2.24, 2.45) is 0 Å². The summed E-state index contributed by atoms with van der Waals surface area (Å²) in [4.78, 5) is 29.0. The topological polar surface area (TPSA) is 97.1 Å². The third-order valence-electron chi connectivity index (χ3n) is 5.33. The lowest BCUT2D eigenvalue weighted by Crippen LogP contribution is -2.52. The molecule has 0 bridgehead atoms. The van der Waals surface area contributed by atoms with Crippen LogP contribution in [-0.2, 0) is 4.79 Å². The molecule has 30 heavy (non-hydrogen) atoms. The number of hydrogen-bond acceptors (Lipinski definition) is 7. The molecule has 9 heteroatoms. The molecule has 0 aliphatic carbocycles. The Balaban J connectivity index is 1.20. The average molecular weight is 414 g/mol. The number of amides is 2. The second-order valence-corrected chi connectivity index (χ2v) is 7.56. The molecule has 2 amide bonds. The standard InChI is InChI=1S/C21H26N4O5/c1-14-13-16(23-30-14)21(27)25-11-9-24(10-12-25)8-7-22-20(26)19-15(2)28-17-5-3-4-6-18(17)29-19/h3-6,13,15,19H,7-12H2,1-2H3,(H,22,26). The van der Waals surface area contributed by atoms with Crippen molar-refractivity contribution in [2.45, 2.75) is 26.1 Å². The highest BCUT2D eigenvalue weighted by atomic mass is 16.6. The number of aryl methyl sites for hydroxylation is 1. The van der Waals surface area contributed by atoms with Crippen LogP contribution in [0.1, 0.15) is 23.2 Å². The van der Waals surface area contributed by atoms with Crippen LogP contribution < -0.4 is 14.8 Å². The number of nitrogens with zero attached hydrogens (tertiary/aromatic N) is 3. The molecule has 1 saturated heterocycles. The zero-order valence-corrected chi connectivity index (χ0v) is 17.2. The van der Waals surface area contributed by atoms with Crippen LogP contribution in [0, 0.1) is 6.92 Å². The van der Waals surface area contributed by atoms with Gasteiger partial charge in [-0.25, -0.2) is 0 Å². The third kappa shape index (κ3) is 4.40. The fraction of sp³-hybridized carbons (Fsp3) is 0.476. The lowest BCUT2D eigenvalue weighted by atomic mass is 10.1. The van der Waals surface area contributed by atoms with Gasteiger partial charge >= 0.3 is 0 Å². The largest absolute Gasteiger partial charge is 0.482 e. The SMILES string of the molecule is Cc1cc(C(=O)N2CCN(CCNC(=O)C3Oc4ccccc4OC3C)CC2)no1. The van der Waals surface area contributed by atoms with E-state index in [9.17, 15) is 9.59 Å². The van der Waals surface area contributed by atoms with Crippen LogP contribution >= 0.6 is 0 Å². The molecule has 4 rings (SSSR count). The minimum Gasteiger partial charge on any atom is -0.482 e. The Labute approximate surface area is 174 Å². The van der Waals surface area contributed by atoms with Crippen molar-refractivity contribution in [1.29, 1.82) is 0 Å². The number of para-hydroxylation sites is 2. The molecule has 2 aliphatic heterocycles. The summed E-state index contributed by atoms with van der Waals surface area (Å²) < 4.78 is 16.6. The first kappa shape index (κ1) is 20.2. The maximum atomic E-state index is 12.6. The van der Waals surface area contributed by atoms with Crippen molar-refractivity contribution in [3.8, 4) is 11.5 Å². The summed E-state index contributed by atoms with van der Waals surface area (Å²) in [6.45, 7) is 7.51. The van der Waals surface area contributed by atoms with Crippen molar-refractivity contribution < 1.29 is 23.6 Å². The Morgan fingerprint density at radius 1 is 1.13 bits per heavy atom. The molecule has 2 aliphatic rings. The van der Waals surface area contributed by atoms with E-state index in [1.54, 1.807) is 24.0 Å². The zero-order chi connectivity index (χ0) is 21.1. The quantitative estimate of drug-likeness (QED) is 0.782. The third-order valence-corrected chi connectivity index (χ3v) is 5.33. The minimum absolute atomic E-state index is 0.108. The fourth-order valence-electron chi connectivity index (χ4n) is 3.65. The summed E-state index contributed by atoms with van der Waals surface area (Å²) in [5.74, 6) is 1.56. The molecule has 0 spiro atoms. The second kappa shape index (κ2) is 8.74. The Morgan fingerprint density at radius 3 is 2.50 bits per heavy atom. The predicted molar refractivity (Wildman–Crippen MR) is 108 cm³/mol. The zero-order valence-electron chi connectivity index (χ0n) is 17.2. The molecule has 2 unspecified atom stereocenters. The van der Waals surface area contributed by atoms with Crippen molar-refractivity contribution in [3.63, 3.8) is 0 Å². The molecular weight excluding hydrogens is 388 g/mol. The Morgan fingerprint density at radius 2 is 1.83 bits per heavy atom. The maximum absolute atomic E-state index is 12.6. The minimum atomic E-state index is -0.680. The summed E-state index contributed by atoms with van der Waals surface area (Å²) >= 11 is 0. The normalized spacial score (nSPS) is 21.3. The molecule has 1 fully saturated rings. The van der Waals surface area contributed by atoms with Gasteiger partial charge in [0.2, 0.25) is 6.10 Å².